The maximum absolute atomic E-state index is 6.33. The predicted octanol–water partition coefficient (Wildman–Crippen LogP) is 4.58. The fraction of sp³-hybridized carbons (Fsp3) is 0.640. The van der Waals surface area contributed by atoms with Crippen LogP contribution in [0.1, 0.15) is 92.6 Å². The van der Waals surface area contributed by atoms with Crippen molar-refractivity contribution in [2.75, 3.05) is 18.0 Å². The Balaban J connectivity index is 1.37. The van der Waals surface area contributed by atoms with Crippen LogP contribution in [0.2, 0.25) is 0 Å². The van der Waals surface area contributed by atoms with Crippen LogP contribution in [0.5, 0.6) is 0 Å². The number of hydrogen-bond acceptors (Lipinski definition) is 7. The van der Waals surface area contributed by atoms with Crippen molar-refractivity contribution in [1.29, 1.82) is 0 Å². The second-order valence-electron chi connectivity index (χ2n) is 10.1. The highest BCUT2D eigenvalue weighted by atomic mass is 16.5. The summed E-state index contributed by atoms with van der Waals surface area (Å²) in [5.41, 5.74) is 5.73. The van der Waals surface area contributed by atoms with Crippen molar-refractivity contribution in [1.82, 2.24) is 29.7 Å². The van der Waals surface area contributed by atoms with Gasteiger partial charge in [0.2, 0.25) is 5.95 Å². The Labute approximate surface area is 194 Å². The van der Waals surface area contributed by atoms with E-state index in [-0.39, 0.29) is 12.2 Å². The number of fused-ring (bicyclic) bond motifs is 1. The van der Waals surface area contributed by atoms with E-state index in [4.69, 9.17) is 24.7 Å². The molecule has 0 spiro atoms. The van der Waals surface area contributed by atoms with Crippen LogP contribution in [-0.2, 0) is 4.74 Å². The van der Waals surface area contributed by atoms with Crippen molar-refractivity contribution in [3.8, 4) is 0 Å². The molecule has 0 aromatic carbocycles. The summed E-state index contributed by atoms with van der Waals surface area (Å²) in [5, 5.41) is 4.58. The molecule has 2 aliphatic carbocycles. The normalized spacial score (nSPS) is 24.5. The largest absolute Gasteiger partial charge is 0.367 e. The number of hydrogen-bond donors (Lipinski definition) is 0. The van der Waals surface area contributed by atoms with Crippen LogP contribution in [0.3, 0.4) is 0 Å². The van der Waals surface area contributed by atoms with E-state index in [0.717, 1.165) is 46.3 Å². The van der Waals surface area contributed by atoms with Gasteiger partial charge in [0.25, 0.3) is 0 Å². The molecule has 0 amide bonds. The van der Waals surface area contributed by atoms with Crippen molar-refractivity contribution in [2.45, 2.75) is 89.9 Å². The predicted molar refractivity (Wildman–Crippen MR) is 126 cm³/mol. The van der Waals surface area contributed by atoms with Gasteiger partial charge in [0, 0.05) is 24.2 Å². The molecule has 4 heterocycles. The van der Waals surface area contributed by atoms with E-state index in [1.54, 1.807) is 0 Å². The molecule has 0 unspecified atom stereocenters. The minimum atomic E-state index is -0.0375. The quantitative estimate of drug-likeness (QED) is 0.579. The topological polar surface area (TPSA) is 81.9 Å². The van der Waals surface area contributed by atoms with Gasteiger partial charge in [0.1, 0.15) is 11.6 Å². The van der Waals surface area contributed by atoms with Crippen LogP contribution in [-0.4, -0.2) is 48.9 Å². The molecule has 3 aliphatic rings. The highest BCUT2D eigenvalue weighted by Crippen LogP contribution is 2.37. The molecule has 0 N–H and O–H groups in total. The summed E-state index contributed by atoms with van der Waals surface area (Å²) in [7, 11) is 0. The first-order valence-corrected chi connectivity index (χ1v) is 12.5. The van der Waals surface area contributed by atoms with E-state index in [0.29, 0.717) is 18.5 Å². The standard InChI is InChI=1S/C25H33N7O/c1-15-12-31(14-21(33-15)19-11-26-32(13-19)20-9-10-20)25-29-22(18-7-5-4-6-8-18)23-24(30-25)28-17(3)16(2)27-23/h11,13,15,18,20-21H,4-10,12,14H2,1-3H3/t15-,21+/m1/s1. The average Bonchev–Trinajstić information content (AvgIpc) is 3.55. The molecule has 8 heteroatoms. The smallest absolute Gasteiger partial charge is 0.227 e. The molecule has 0 bridgehead atoms. The Kier molecular flexibility index (Phi) is 5.28. The maximum atomic E-state index is 6.33. The molecule has 3 fully saturated rings. The molecule has 1 saturated heterocycles. The first-order chi connectivity index (χ1) is 16.0. The molecule has 8 nitrogen and oxygen atoms in total. The van der Waals surface area contributed by atoms with Gasteiger partial charge in [0.15, 0.2) is 5.65 Å². The van der Waals surface area contributed by atoms with Gasteiger partial charge < -0.3 is 9.64 Å². The highest BCUT2D eigenvalue weighted by Gasteiger charge is 2.32. The average molecular weight is 448 g/mol. The van der Waals surface area contributed by atoms with Gasteiger partial charge in [-0.05, 0) is 46.5 Å². The monoisotopic (exact) mass is 447 g/mol. The molecule has 174 valence electrons. The van der Waals surface area contributed by atoms with E-state index in [1.165, 1.54) is 44.9 Å². The number of rotatable bonds is 4. The van der Waals surface area contributed by atoms with Gasteiger partial charge in [0.05, 0.1) is 42.0 Å². The minimum Gasteiger partial charge on any atom is -0.367 e. The van der Waals surface area contributed by atoms with Crippen molar-refractivity contribution in [3.05, 3.63) is 35.0 Å². The Hall–Kier alpha value is -2.61. The molecule has 3 aromatic rings. The van der Waals surface area contributed by atoms with E-state index < -0.39 is 0 Å². The molecule has 1 aliphatic heterocycles. The summed E-state index contributed by atoms with van der Waals surface area (Å²) in [5.74, 6) is 1.20. The van der Waals surface area contributed by atoms with Crippen LogP contribution in [0, 0.1) is 13.8 Å². The lowest BCUT2D eigenvalue weighted by Gasteiger charge is -2.37. The Morgan fingerprint density at radius 3 is 2.48 bits per heavy atom. The zero-order valence-electron chi connectivity index (χ0n) is 19.9. The Bertz CT molecular complexity index is 1170. The Morgan fingerprint density at radius 2 is 1.70 bits per heavy atom. The lowest BCUT2D eigenvalue weighted by Crippen LogP contribution is -2.43. The molecule has 6 rings (SSSR count). The number of nitrogens with zero attached hydrogens (tertiary/aromatic N) is 7. The first-order valence-electron chi connectivity index (χ1n) is 12.5. The van der Waals surface area contributed by atoms with E-state index >= 15 is 0 Å². The van der Waals surface area contributed by atoms with Crippen molar-refractivity contribution in [2.24, 2.45) is 0 Å². The third-order valence-corrected chi connectivity index (χ3v) is 7.41. The number of aryl methyl sites for hydroxylation is 2. The summed E-state index contributed by atoms with van der Waals surface area (Å²) in [6.07, 6.45) is 12.8. The molecule has 33 heavy (non-hydrogen) atoms. The van der Waals surface area contributed by atoms with E-state index in [9.17, 15) is 0 Å². The maximum Gasteiger partial charge on any atom is 0.227 e. The second kappa shape index (κ2) is 8.31. The van der Waals surface area contributed by atoms with Crippen LogP contribution in [0.25, 0.3) is 11.2 Å². The zero-order valence-corrected chi connectivity index (χ0v) is 19.9. The third-order valence-electron chi connectivity index (χ3n) is 7.41. The van der Waals surface area contributed by atoms with Gasteiger partial charge in [-0.1, -0.05) is 19.3 Å². The molecular weight excluding hydrogens is 414 g/mol. The fourth-order valence-electron chi connectivity index (χ4n) is 5.28. The van der Waals surface area contributed by atoms with Crippen molar-refractivity contribution in [3.63, 3.8) is 0 Å². The van der Waals surface area contributed by atoms with Crippen molar-refractivity contribution >= 4 is 17.1 Å². The number of aromatic nitrogens is 6. The van der Waals surface area contributed by atoms with Crippen LogP contribution >= 0.6 is 0 Å². The minimum absolute atomic E-state index is 0.0375. The number of anilines is 1. The van der Waals surface area contributed by atoms with Crippen LogP contribution < -0.4 is 4.90 Å². The molecule has 3 aromatic heterocycles. The van der Waals surface area contributed by atoms with Crippen LogP contribution in [0.4, 0.5) is 5.95 Å². The summed E-state index contributed by atoms with van der Waals surface area (Å²) >= 11 is 0. The molecular formula is C25H33N7O. The summed E-state index contributed by atoms with van der Waals surface area (Å²) in [6.45, 7) is 7.64. The van der Waals surface area contributed by atoms with Gasteiger partial charge >= 0.3 is 0 Å². The molecule has 2 atom stereocenters. The SMILES string of the molecule is Cc1nc2nc(N3C[C@@H](C)O[C@H](c4cnn(C5CC5)c4)C3)nc(C3CCCCC3)c2nc1C. The van der Waals surface area contributed by atoms with Gasteiger partial charge in [-0.3, -0.25) is 4.68 Å². The van der Waals surface area contributed by atoms with Gasteiger partial charge in [-0.15, -0.1) is 0 Å². The first kappa shape index (κ1) is 21.0. The molecule has 0 radical (unpaired) electrons. The van der Waals surface area contributed by atoms with Crippen molar-refractivity contribution < 1.29 is 4.74 Å². The molecule has 2 saturated carbocycles. The van der Waals surface area contributed by atoms with E-state index in [1.807, 2.05) is 20.0 Å². The Morgan fingerprint density at radius 1 is 0.909 bits per heavy atom. The van der Waals surface area contributed by atoms with E-state index in [2.05, 4.69) is 27.8 Å². The number of ether oxygens (including phenoxy) is 1. The second-order valence-corrected chi connectivity index (χ2v) is 10.1. The van der Waals surface area contributed by atoms with Crippen LogP contribution in [0.15, 0.2) is 12.4 Å². The summed E-state index contributed by atoms with van der Waals surface area (Å²) in [6, 6.07) is 0.572. The lowest BCUT2D eigenvalue weighted by molar-refractivity contribution is -0.0179. The number of morpholine rings is 1. The van der Waals surface area contributed by atoms with Gasteiger partial charge in [-0.2, -0.15) is 10.1 Å². The zero-order chi connectivity index (χ0) is 22.5. The summed E-state index contributed by atoms with van der Waals surface area (Å²) in [4.78, 5) is 22.1. The third kappa shape index (κ3) is 4.09. The lowest BCUT2D eigenvalue weighted by atomic mass is 9.86. The van der Waals surface area contributed by atoms with Gasteiger partial charge in [-0.25, -0.2) is 15.0 Å². The highest BCUT2D eigenvalue weighted by molar-refractivity contribution is 5.75. The summed E-state index contributed by atoms with van der Waals surface area (Å²) < 4.78 is 8.42. The fourth-order valence-corrected chi connectivity index (χ4v) is 5.28.